The number of nitrogens with zero attached hydrogens (tertiary/aromatic N) is 3. The van der Waals surface area contributed by atoms with E-state index >= 15 is 0 Å². The van der Waals surface area contributed by atoms with Crippen LogP contribution in [0.1, 0.15) is 25.5 Å². The summed E-state index contributed by atoms with van der Waals surface area (Å²) >= 11 is 0. The normalized spacial score (nSPS) is 16.8. The first kappa shape index (κ1) is 13.0. The van der Waals surface area contributed by atoms with Gasteiger partial charge in [0.05, 0.1) is 5.69 Å². The van der Waals surface area contributed by atoms with Crippen LogP contribution in [0.25, 0.3) is 0 Å². The fourth-order valence-corrected chi connectivity index (χ4v) is 2.25. The number of rotatable bonds is 4. The zero-order valence-electron chi connectivity index (χ0n) is 11.0. The average molecular weight is 247 g/mol. The molecule has 0 atom stereocenters. The number of pyridine rings is 1. The fraction of sp³-hybridized carbons (Fsp3) is 0.571. The van der Waals surface area contributed by atoms with E-state index in [0.717, 1.165) is 44.8 Å². The number of aromatic nitrogens is 1. The molecule has 1 aromatic rings. The van der Waals surface area contributed by atoms with Crippen molar-refractivity contribution in [3.05, 3.63) is 30.1 Å². The fourth-order valence-electron chi connectivity index (χ4n) is 2.25. The van der Waals surface area contributed by atoms with E-state index in [1.807, 2.05) is 23.2 Å². The van der Waals surface area contributed by atoms with Crippen molar-refractivity contribution in [2.24, 2.45) is 0 Å². The van der Waals surface area contributed by atoms with E-state index in [9.17, 15) is 4.79 Å². The second kappa shape index (κ2) is 6.50. The van der Waals surface area contributed by atoms with Crippen LogP contribution in [0.15, 0.2) is 24.4 Å². The Morgan fingerprint density at radius 3 is 2.67 bits per heavy atom. The summed E-state index contributed by atoms with van der Waals surface area (Å²) in [6, 6.07) is 6.00. The molecule has 1 saturated heterocycles. The minimum absolute atomic E-state index is 0.301. The van der Waals surface area contributed by atoms with Crippen molar-refractivity contribution >= 4 is 5.91 Å². The molecular weight excluding hydrogens is 226 g/mol. The van der Waals surface area contributed by atoms with Gasteiger partial charge >= 0.3 is 0 Å². The lowest BCUT2D eigenvalue weighted by Gasteiger charge is -2.34. The summed E-state index contributed by atoms with van der Waals surface area (Å²) in [5.41, 5.74) is 1.10. The Hall–Kier alpha value is -1.42. The van der Waals surface area contributed by atoms with E-state index < -0.39 is 0 Å². The summed E-state index contributed by atoms with van der Waals surface area (Å²) in [5.74, 6) is 0.301. The highest BCUT2D eigenvalue weighted by Gasteiger charge is 2.20. The van der Waals surface area contributed by atoms with Gasteiger partial charge < -0.3 is 4.90 Å². The Morgan fingerprint density at radius 1 is 1.28 bits per heavy atom. The highest BCUT2D eigenvalue weighted by molar-refractivity contribution is 5.76. The van der Waals surface area contributed by atoms with Gasteiger partial charge in [-0.05, 0) is 18.6 Å². The van der Waals surface area contributed by atoms with Crippen LogP contribution in [0.5, 0.6) is 0 Å². The molecule has 0 saturated carbocycles. The predicted octanol–water partition coefficient (Wildman–Crippen LogP) is 1.53. The lowest BCUT2D eigenvalue weighted by molar-refractivity contribution is -0.133. The molecule has 0 bridgehead atoms. The standard InChI is InChI=1S/C14H21N3O/c1-2-5-14(18)17-10-8-16(9-11-17)12-13-6-3-4-7-15-13/h3-4,6-7H,2,5,8-12H2,1H3. The Kier molecular flexibility index (Phi) is 4.70. The first-order chi connectivity index (χ1) is 8.79. The first-order valence-electron chi connectivity index (χ1n) is 6.69. The third kappa shape index (κ3) is 3.53. The average Bonchev–Trinajstić information content (AvgIpc) is 2.41. The van der Waals surface area contributed by atoms with Gasteiger partial charge in [0.15, 0.2) is 0 Å². The molecule has 0 unspecified atom stereocenters. The summed E-state index contributed by atoms with van der Waals surface area (Å²) in [7, 11) is 0. The number of amides is 1. The second-order valence-corrected chi connectivity index (χ2v) is 4.73. The van der Waals surface area contributed by atoms with Crippen LogP contribution in [0.3, 0.4) is 0 Å². The van der Waals surface area contributed by atoms with E-state index in [-0.39, 0.29) is 0 Å². The second-order valence-electron chi connectivity index (χ2n) is 4.73. The van der Waals surface area contributed by atoms with Gasteiger partial charge in [-0.1, -0.05) is 13.0 Å². The van der Waals surface area contributed by atoms with Crippen molar-refractivity contribution in [1.29, 1.82) is 0 Å². The molecule has 4 nitrogen and oxygen atoms in total. The van der Waals surface area contributed by atoms with Crippen LogP contribution >= 0.6 is 0 Å². The Labute approximate surface area is 109 Å². The van der Waals surface area contributed by atoms with Crippen LogP contribution < -0.4 is 0 Å². The van der Waals surface area contributed by atoms with Crippen LogP contribution in [0, 0.1) is 0 Å². The number of carbonyl (C=O) groups excluding carboxylic acids is 1. The molecule has 18 heavy (non-hydrogen) atoms. The summed E-state index contributed by atoms with van der Waals surface area (Å²) in [6.45, 7) is 6.54. The molecule has 0 aliphatic carbocycles. The van der Waals surface area contributed by atoms with Crippen LogP contribution in [0.4, 0.5) is 0 Å². The van der Waals surface area contributed by atoms with E-state index in [0.29, 0.717) is 12.3 Å². The zero-order valence-corrected chi connectivity index (χ0v) is 11.0. The number of hydrogen-bond donors (Lipinski definition) is 0. The van der Waals surface area contributed by atoms with Crippen molar-refractivity contribution in [1.82, 2.24) is 14.8 Å². The number of carbonyl (C=O) groups is 1. The lowest BCUT2D eigenvalue weighted by atomic mass is 10.2. The molecule has 2 heterocycles. The topological polar surface area (TPSA) is 36.4 Å². The van der Waals surface area contributed by atoms with Gasteiger partial charge in [0.25, 0.3) is 0 Å². The molecule has 0 radical (unpaired) electrons. The molecule has 4 heteroatoms. The summed E-state index contributed by atoms with van der Waals surface area (Å²) < 4.78 is 0. The van der Waals surface area contributed by atoms with Gasteiger partial charge in [0, 0.05) is 45.3 Å². The summed E-state index contributed by atoms with van der Waals surface area (Å²) in [5, 5.41) is 0. The first-order valence-corrected chi connectivity index (χ1v) is 6.69. The maximum atomic E-state index is 11.8. The molecule has 1 aliphatic heterocycles. The van der Waals surface area contributed by atoms with Crippen molar-refractivity contribution in [2.75, 3.05) is 26.2 Å². The minimum Gasteiger partial charge on any atom is -0.340 e. The zero-order chi connectivity index (χ0) is 12.8. The van der Waals surface area contributed by atoms with Gasteiger partial charge in [-0.3, -0.25) is 14.7 Å². The van der Waals surface area contributed by atoms with Gasteiger partial charge in [-0.15, -0.1) is 0 Å². The predicted molar refractivity (Wildman–Crippen MR) is 71.0 cm³/mol. The number of hydrogen-bond acceptors (Lipinski definition) is 3. The molecule has 0 spiro atoms. The maximum absolute atomic E-state index is 11.8. The van der Waals surface area contributed by atoms with Gasteiger partial charge in [-0.2, -0.15) is 0 Å². The molecule has 1 amide bonds. The summed E-state index contributed by atoms with van der Waals surface area (Å²) in [4.78, 5) is 20.4. The van der Waals surface area contributed by atoms with Gasteiger partial charge in [0.1, 0.15) is 0 Å². The van der Waals surface area contributed by atoms with Gasteiger partial charge in [0.2, 0.25) is 5.91 Å². The van der Waals surface area contributed by atoms with E-state index in [1.165, 1.54) is 0 Å². The van der Waals surface area contributed by atoms with Crippen LogP contribution in [-0.4, -0.2) is 46.9 Å². The number of piperazine rings is 1. The van der Waals surface area contributed by atoms with E-state index in [4.69, 9.17) is 0 Å². The summed E-state index contributed by atoms with van der Waals surface area (Å²) in [6.07, 6.45) is 3.45. The van der Waals surface area contributed by atoms with Crippen molar-refractivity contribution in [2.45, 2.75) is 26.3 Å². The Balaban J connectivity index is 1.78. The van der Waals surface area contributed by atoms with Gasteiger partial charge in [-0.25, -0.2) is 0 Å². The smallest absolute Gasteiger partial charge is 0.222 e. The van der Waals surface area contributed by atoms with Crippen molar-refractivity contribution in [3.8, 4) is 0 Å². The third-order valence-corrected chi connectivity index (χ3v) is 3.30. The minimum atomic E-state index is 0.301. The molecule has 0 N–H and O–H groups in total. The molecule has 1 aliphatic rings. The molecule has 0 aromatic carbocycles. The highest BCUT2D eigenvalue weighted by Crippen LogP contribution is 2.08. The van der Waals surface area contributed by atoms with Crippen LogP contribution in [-0.2, 0) is 11.3 Å². The van der Waals surface area contributed by atoms with Crippen molar-refractivity contribution in [3.63, 3.8) is 0 Å². The Morgan fingerprint density at radius 2 is 2.06 bits per heavy atom. The van der Waals surface area contributed by atoms with Crippen molar-refractivity contribution < 1.29 is 4.79 Å². The molecule has 2 rings (SSSR count). The molecule has 1 fully saturated rings. The van der Waals surface area contributed by atoms with Crippen LogP contribution in [0.2, 0.25) is 0 Å². The maximum Gasteiger partial charge on any atom is 0.222 e. The largest absolute Gasteiger partial charge is 0.340 e. The molecular formula is C14H21N3O. The Bertz CT molecular complexity index is 372. The lowest BCUT2D eigenvalue weighted by Crippen LogP contribution is -2.48. The monoisotopic (exact) mass is 247 g/mol. The highest BCUT2D eigenvalue weighted by atomic mass is 16.2. The molecule has 1 aromatic heterocycles. The van der Waals surface area contributed by atoms with E-state index in [2.05, 4.69) is 22.9 Å². The quantitative estimate of drug-likeness (QED) is 0.809. The van der Waals surface area contributed by atoms with E-state index in [1.54, 1.807) is 0 Å². The molecule has 98 valence electrons. The SMILES string of the molecule is CCCC(=O)N1CCN(Cc2ccccn2)CC1. The third-order valence-electron chi connectivity index (χ3n) is 3.30.